The van der Waals surface area contributed by atoms with Crippen LogP contribution in [0.15, 0.2) is 17.0 Å². The molecule has 1 heterocycles. The molecular formula is C14H22N2O3S2. The number of rotatable bonds is 6. The van der Waals surface area contributed by atoms with E-state index < -0.39 is 10.0 Å². The minimum atomic E-state index is -3.59. The average Bonchev–Trinajstić information content (AvgIpc) is 2.45. The summed E-state index contributed by atoms with van der Waals surface area (Å²) >= 11 is 1.72. The molecule has 118 valence electrons. The summed E-state index contributed by atoms with van der Waals surface area (Å²) in [5, 5.41) is 0.415. The van der Waals surface area contributed by atoms with Gasteiger partial charge in [-0.05, 0) is 43.2 Å². The monoisotopic (exact) mass is 330 g/mol. The van der Waals surface area contributed by atoms with Gasteiger partial charge in [-0.15, -0.1) is 0 Å². The van der Waals surface area contributed by atoms with Gasteiger partial charge in [-0.3, -0.25) is 0 Å². The van der Waals surface area contributed by atoms with Gasteiger partial charge in [0.2, 0.25) is 10.0 Å². The highest BCUT2D eigenvalue weighted by Gasteiger charge is 2.25. The van der Waals surface area contributed by atoms with E-state index in [9.17, 15) is 8.42 Å². The lowest BCUT2D eigenvalue weighted by Gasteiger charge is -2.21. The van der Waals surface area contributed by atoms with Crippen molar-refractivity contribution in [3.63, 3.8) is 0 Å². The molecule has 1 aliphatic heterocycles. The number of anilines is 1. The van der Waals surface area contributed by atoms with E-state index in [2.05, 4.69) is 11.6 Å². The van der Waals surface area contributed by atoms with E-state index in [-0.39, 0.29) is 4.90 Å². The minimum Gasteiger partial charge on any atom is -0.492 e. The van der Waals surface area contributed by atoms with E-state index in [0.717, 1.165) is 24.8 Å². The van der Waals surface area contributed by atoms with Crippen molar-refractivity contribution in [1.29, 1.82) is 0 Å². The second-order valence-corrected chi connectivity index (χ2v) is 8.20. The lowest BCUT2D eigenvalue weighted by atomic mass is 10.1. The van der Waals surface area contributed by atoms with Gasteiger partial charge in [-0.2, -0.15) is 11.8 Å². The van der Waals surface area contributed by atoms with Gasteiger partial charge in [-0.1, -0.05) is 6.92 Å². The fourth-order valence-electron chi connectivity index (χ4n) is 2.26. The molecule has 5 nitrogen and oxygen atoms in total. The first-order valence-electron chi connectivity index (χ1n) is 7.01. The molecule has 3 N–H and O–H groups in total. The first-order chi connectivity index (χ1) is 9.94. The fraction of sp³-hybridized carbons (Fsp3) is 0.571. The number of nitrogen functional groups attached to an aromatic ring is 1. The lowest BCUT2D eigenvalue weighted by Crippen LogP contribution is -2.27. The second-order valence-electron chi connectivity index (χ2n) is 5.19. The summed E-state index contributed by atoms with van der Waals surface area (Å²) < 4.78 is 33.2. The van der Waals surface area contributed by atoms with E-state index in [4.69, 9.17) is 10.5 Å². The quantitative estimate of drug-likeness (QED) is 0.780. The molecule has 1 aliphatic rings. The highest BCUT2D eigenvalue weighted by molar-refractivity contribution is 7.99. The SMILES string of the molecule is CSC(C)CCNS(=O)(=O)c1cc(N)cc2c1OCCC2. The predicted molar refractivity (Wildman–Crippen MR) is 87.5 cm³/mol. The Morgan fingerprint density at radius 2 is 2.24 bits per heavy atom. The van der Waals surface area contributed by atoms with Gasteiger partial charge in [0.15, 0.2) is 0 Å². The van der Waals surface area contributed by atoms with Crippen molar-refractivity contribution in [2.24, 2.45) is 0 Å². The molecule has 0 radical (unpaired) electrons. The lowest BCUT2D eigenvalue weighted by molar-refractivity contribution is 0.280. The smallest absolute Gasteiger partial charge is 0.244 e. The van der Waals surface area contributed by atoms with Crippen LogP contribution in [0.25, 0.3) is 0 Å². The third-order valence-electron chi connectivity index (χ3n) is 3.53. The summed E-state index contributed by atoms with van der Waals surface area (Å²) in [6.07, 6.45) is 4.48. The normalized spacial score (nSPS) is 16.1. The number of hydrogen-bond acceptors (Lipinski definition) is 5. The molecule has 1 unspecified atom stereocenters. The number of ether oxygens (including phenoxy) is 1. The number of nitrogens with one attached hydrogen (secondary N) is 1. The Bertz CT molecular complexity index is 602. The number of fused-ring (bicyclic) bond motifs is 1. The van der Waals surface area contributed by atoms with Crippen LogP contribution in [-0.2, 0) is 16.4 Å². The molecule has 21 heavy (non-hydrogen) atoms. The molecular weight excluding hydrogens is 308 g/mol. The number of benzene rings is 1. The maximum Gasteiger partial charge on any atom is 0.244 e. The zero-order valence-electron chi connectivity index (χ0n) is 12.4. The summed E-state index contributed by atoms with van der Waals surface area (Å²) in [6.45, 7) is 3.03. The van der Waals surface area contributed by atoms with Crippen LogP contribution in [0.2, 0.25) is 0 Å². The minimum absolute atomic E-state index is 0.161. The predicted octanol–water partition coefficient (Wildman–Crippen LogP) is 2.01. The summed E-state index contributed by atoms with van der Waals surface area (Å²) in [6, 6.07) is 3.27. The zero-order valence-corrected chi connectivity index (χ0v) is 14.0. The van der Waals surface area contributed by atoms with Crippen LogP contribution in [-0.4, -0.2) is 33.1 Å². The van der Waals surface area contributed by atoms with Gasteiger partial charge >= 0.3 is 0 Å². The number of nitrogens with two attached hydrogens (primary N) is 1. The third-order valence-corrected chi connectivity index (χ3v) is 6.03. The molecule has 0 saturated heterocycles. The Balaban J connectivity index is 2.21. The second kappa shape index (κ2) is 6.89. The van der Waals surface area contributed by atoms with Crippen LogP contribution >= 0.6 is 11.8 Å². The molecule has 7 heteroatoms. The van der Waals surface area contributed by atoms with E-state index in [1.54, 1.807) is 17.8 Å². The van der Waals surface area contributed by atoms with E-state index in [1.807, 2.05) is 6.26 Å². The summed E-state index contributed by atoms with van der Waals surface area (Å²) in [5.41, 5.74) is 7.16. The standard InChI is InChI=1S/C14H22N2O3S2/c1-10(20-2)5-6-16-21(17,18)13-9-12(15)8-11-4-3-7-19-14(11)13/h8-10,16H,3-7,15H2,1-2H3. The van der Waals surface area contributed by atoms with Crippen molar-refractivity contribution in [2.75, 3.05) is 25.1 Å². The van der Waals surface area contributed by atoms with Crippen molar-refractivity contribution in [2.45, 2.75) is 36.3 Å². The molecule has 0 aromatic heterocycles. The zero-order chi connectivity index (χ0) is 15.5. The summed E-state index contributed by atoms with van der Waals surface area (Å²) in [4.78, 5) is 0.161. The molecule has 0 saturated carbocycles. The van der Waals surface area contributed by atoms with Crippen molar-refractivity contribution < 1.29 is 13.2 Å². The maximum atomic E-state index is 12.5. The number of hydrogen-bond donors (Lipinski definition) is 2. The molecule has 0 aliphatic carbocycles. The van der Waals surface area contributed by atoms with Crippen LogP contribution < -0.4 is 15.2 Å². The Morgan fingerprint density at radius 3 is 2.95 bits per heavy atom. The van der Waals surface area contributed by atoms with Gasteiger partial charge in [0.05, 0.1) is 6.61 Å². The van der Waals surface area contributed by atoms with Crippen molar-refractivity contribution in [1.82, 2.24) is 4.72 Å². The first-order valence-corrected chi connectivity index (χ1v) is 9.79. The van der Waals surface area contributed by atoms with Gasteiger partial charge in [0, 0.05) is 17.5 Å². The Morgan fingerprint density at radius 1 is 1.48 bits per heavy atom. The van der Waals surface area contributed by atoms with Gasteiger partial charge < -0.3 is 10.5 Å². The van der Waals surface area contributed by atoms with E-state index in [1.165, 1.54) is 6.07 Å². The van der Waals surface area contributed by atoms with Gasteiger partial charge in [-0.25, -0.2) is 13.1 Å². The van der Waals surface area contributed by atoms with Crippen LogP contribution in [0.5, 0.6) is 5.75 Å². The molecule has 1 aromatic rings. The van der Waals surface area contributed by atoms with Crippen molar-refractivity contribution in [3.8, 4) is 5.75 Å². The maximum absolute atomic E-state index is 12.5. The fourth-order valence-corrected chi connectivity index (χ4v) is 3.88. The van der Waals surface area contributed by atoms with Crippen LogP contribution in [0.3, 0.4) is 0 Å². The Labute approximate surface area is 130 Å². The van der Waals surface area contributed by atoms with Crippen LogP contribution in [0.1, 0.15) is 25.3 Å². The van der Waals surface area contributed by atoms with Gasteiger partial charge in [0.1, 0.15) is 10.6 Å². The molecule has 1 aromatic carbocycles. The molecule has 0 fully saturated rings. The average molecular weight is 330 g/mol. The summed E-state index contributed by atoms with van der Waals surface area (Å²) in [5.74, 6) is 0.459. The Kier molecular flexibility index (Phi) is 5.40. The van der Waals surface area contributed by atoms with E-state index in [0.29, 0.717) is 29.8 Å². The molecule has 0 bridgehead atoms. The summed E-state index contributed by atoms with van der Waals surface area (Å²) in [7, 11) is -3.59. The van der Waals surface area contributed by atoms with Crippen LogP contribution in [0, 0.1) is 0 Å². The molecule has 0 spiro atoms. The van der Waals surface area contributed by atoms with Crippen molar-refractivity contribution >= 4 is 27.5 Å². The number of thioether (sulfide) groups is 1. The first kappa shape index (κ1) is 16.5. The van der Waals surface area contributed by atoms with Gasteiger partial charge in [0.25, 0.3) is 0 Å². The molecule has 0 amide bonds. The highest BCUT2D eigenvalue weighted by Crippen LogP contribution is 2.34. The number of aryl methyl sites for hydroxylation is 1. The van der Waals surface area contributed by atoms with Crippen molar-refractivity contribution in [3.05, 3.63) is 17.7 Å². The largest absolute Gasteiger partial charge is 0.492 e. The van der Waals surface area contributed by atoms with Crippen LogP contribution in [0.4, 0.5) is 5.69 Å². The van der Waals surface area contributed by atoms with E-state index >= 15 is 0 Å². The topological polar surface area (TPSA) is 81.4 Å². The third kappa shape index (κ3) is 4.05. The molecule has 2 rings (SSSR count). The Hall–Kier alpha value is -0.920. The highest BCUT2D eigenvalue weighted by atomic mass is 32.2. The molecule has 1 atom stereocenters. The number of sulfonamides is 1.